The third kappa shape index (κ3) is 16.3. The predicted octanol–water partition coefficient (Wildman–Crippen LogP) is -9.07. The van der Waals surface area contributed by atoms with Gasteiger partial charge in [0.05, 0.1) is 24.5 Å². The molecule has 0 amide bonds. The molecule has 0 fully saturated rings. The van der Waals surface area contributed by atoms with Crippen LogP contribution in [0.15, 0.2) is 0 Å². The van der Waals surface area contributed by atoms with Crippen LogP contribution in [0.25, 0.3) is 0 Å². The quantitative estimate of drug-likeness (QED) is 0.338. The maximum Gasteiger partial charge on any atom is 2.00 e. The Morgan fingerprint density at radius 2 is 1.00 bits per heavy atom. The fourth-order valence-electron chi connectivity index (χ4n) is 1.45. The second-order valence-electron chi connectivity index (χ2n) is 3.93. The van der Waals surface area contributed by atoms with Crippen molar-refractivity contribution in [3.63, 3.8) is 0 Å². The number of aliphatic carboxylic acids is 4. The van der Waals surface area contributed by atoms with Gasteiger partial charge in [-0.15, -0.1) is 0 Å². The van der Waals surface area contributed by atoms with E-state index in [0.717, 1.165) is 9.80 Å². The van der Waals surface area contributed by atoms with Crippen LogP contribution >= 0.6 is 0 Å². The second-order valence-corrected chi connectivity index (χ2v) is 3.93. The third-order valence-electron chi connectivity index (χ3n) is 2.15. The van der Waals surface area contributed by atoms with Gasteiger partial charge in [0.2, 0.25) is 0 Å². The summed E-state index contributed by atoms with van der Waals surface area (Å²) in [4.78, 5) is 43.7. The second kappa shape index (κ2) is 14.5. The molecular formula is C10H13FeKN2O8. The minimum Gasteiger partial charge on any atom is -0.549 e. The van der Waals surface area contributed by atoms with Crippen molar-refractivity contribution in [2.75, 3.05) is 39.3 Å². The van der Waals surface area contributed by atoms with E-state index in [1.807, 2.05) is 0 Å². The summed E-state index contributed by atoms with van der Waals surface area (Å²) in [5.41, 5.74) is 0. The van der Waals surface area contributed by atoms with Gasteiger partial charge in [0.25, 0.3) is 0 Å². The van der Waals surface area contributed by atoms with Gasteiger partial charge in [0.15, 0.2) is 0 Å². The normalized spacial score (nSPS) is 9.73. The van der Waals surface area contributed by atoms with Gasteiger partial charge in [-0.05, 0) is 0 Å². The zero-order valence-electron chi connectivity index (χ0n) is 11.8. The van der Waals surface area contributed by atoms with Crippen molar-refractivity contribution in [1.29, 1.82) is 0 Å². The van der Waals surface area contributed by atoms with Crippen LogP contribution in [-0.2, 0) is 36.2 Å². The number of hydrogen-bond donors (Lipinski definition) is 1. The molecule has 10 nitrogen and oxygen atoms in total. The maximum absolute atomic E-state index is 10.5. The Morgan fingerprint density at radius 3 is 1.23 bits per heavy atom. The summed E-state index contributed by atoms with van der Waals surface area (Å²) >= 11 is 0. The molecule has 0 heterocycles. The topological polar surface area (TPSA) is 164 Å². The molecule has 0 aliphatic rings. The Kier molecular flexibility index (Phi) is 17.7. The first-order chi connectivity index (χ1) is 9.20. The molecule has 22 heavy (non-hydrogen) atoms. The minimum atomic E-state index is -1.52. The number of carboxylic acids is 4. The van der Waals surface area contributed by atoms with Gasteiger partial charge in [-0.3, -0.25) is 14.6 Å². The van der Waals surface area contributed by atoms with Crippen LogP contribution < -0.4 is 66.7 Å². The Morgan fingerprint density at radius 1 is 0.727 bits per heavy atom. The monoisotopic (exact) mass is 384 g/mol. The van der Waals surface area contributed by atoms with E-state index in [2.05, 4.69) is 0 Å². The van der Waals surface area contributed by atoms with Crippen molar-refractivity contribution in [2.45, 2.75) is 0 Å². The molecule has 120 valence electrons. The Labute approximate surface area is 179 Å². The molecule has 0 aliphatic carbocycles. The zero-order valence-corrected chi connectivity index (χ0v) is 16.0. The van der Waals surface area contributed by atoms with Gasteiger partial charge in [0.1, 0.15) is 0 Å². The largest absolute Gasteiger partial charge is 2.00 e. The van der Waals surface area contributed by atoms with Crippen LogP contribution in [0.1, 0.15) is 0 Å². The molecule has 0 rings (SSSR count). The first-order valence-corrected chi connectivity index (χ1v) is 5.46. The molecule has 0 unspecified atom stereocenters. The van der Waals surface area contributed by atoms with E-state index in [1.165, 1.54) is 0 Å². The van der Waals surface area contributed by atoms with Crippen LogP contribution in [0.2, 0.25) is 0 Å². The predicted molar refractivity (Wildman–Crippen MR) is 55.5 cm³/mol. The van der Waals surface area contributed by atoms with Crippen molar-refractivity contribution in [3.8, 4) is 0 Å². The van der Waals surface area contributed by atoms with E-state index in [1.54, 1.807) is 0 Å². The van der Waals surface area contributed by atoms with Gasteiger partial charge in [0, 0.05) is 32.7 Å². The summed E-state index contributed by atoms with van der Waals surface area (Å²) in [6.07, 6.45) is 0. The summed E-state index contributed by atoms with van der Waals surface area (Å²) in [5.74, 6) is -5.82. The molecule has 0 atom stereocenters. The van der Waals surface area contributed by atoms with Crippen LogP contribution in [0.3, 0.4) is 0 Å². The van der Waals surface area contributed by atoms with Crippen molar-refractivity contribution in [2.24, 2.45) is 0 Å². The van der Waals surface area contributed by atoms with E-state index in [0.29, 0.717) is 0 Å². The van der Waals surface area contributed by atoms with E-state index in [9.17, 15) is 34.5 Å². The average molecular weight is 384 g/mol. The molecule has 0 bridgehead atoms. The fraction of sp³-hybridized carbons (Fsp3) is 0.600. The molecule has 0 spiro atoms. The van der Waals surface area contributed by atoms with Gasteiger partial charge < -0.3 is 34.8 Å². The third-order valence-corrected chi connectivity index (χ3v) is 2.15. The molecule has 0 aliphatic heterocycles. The van der Waals surface area contributed by atoms with Gasteiger partial charge >= 0.3 is 74.4 Å². The number of carbonyl (C=O) groups excluding carboxylic acids is 3. The summed E-state index contributed by atoms with van der Waals surface area (Å²) in [6.45, 7) is -3.00. The van der Waals surface area contributed by atoms with E-state index in [-0.39, 0.29) is 81.5 Å². The molecular weight excluding hydrogens is 371 g/mol. The van der Waals surface area contributed by atoms with Crippen molar-refractivity contribution >= 4 is 23.9 Å². The molecule has 0 radical (unpaired) electrons. The van der Waals surface area contributed by atoms with Crippen LogP contribution in [0.5, 0.6) is 0 Å². The number of hydrogen-bond acceptors (Lipinski definition) is 9. The summed E-state index contributed by atoms with van der Waals surface area (Å²) in [5, 5.41) is 39.8. The van der Waals surface area contributed by atoms with E-state index < -0.39 is 50.1 Å². The van der Waals surface area contributed by atoms with Crippen LogP contribution in [0, 0.1) is 0 Å². The molecule has 12 heteroatoms. The molecule has 0 aromatic rings. The molecule has 0 aromatic carbocycles. The molecule has 0 saturated heterocycles. The Balaban J connectivity index is -0.00000180. The van der Waals surface area contributed by atoms with Crippen molar-refractivity contribution in [1.82, 2.24) is 9.80 Å². The van der Waals surface area contributed by atoms with Gasteiger partial charge in [-0.2, -0.15) is 0 Å². The Bertz CT molecular complexity index is 327. The van der Waals surface area contributed by atoms with Gasteiger partial charge in [-0.1, -0.05) is 0 Å². The van der Waals surface area contributed by atoms with Gasteiger partial charge in [-0.25, -0.2) is 0 Å². The summed E-state index contributed by atoms with van der Waals surface area (Å²) in [6, 6.07) is 0. The fourth-order valence-corrected chi connectivity index (χ4v) is 1.45. The van der Waals surface area contributed by atoms with Crippen LogP contribution in [0.4, 0.5) is 0 Å². The molecule has 0 saturated carbocycles. The number of rotatable bonds is 11. The maximum atomic E-state index is 10.5. The SMILES string of the molecule is O=C([O-])CN(CCN(CC(=O)[O-])CC(=O)O)CC(=O)[O-].[Fe+2].[K+]. The first kappa shape index (κ1) is 26.8. The molecule has 1 N–H and O–H groups in total. The number of carboxylic acid groups (broad SMARTS) is 4. The van der Waals surface area contributed by atoms with E-state index in [4.69, 9.17) is 5.11 Å². The van der Waals surface area contributed by atoms with Crippen molar-refractivity contribution < 1.29 is 108 Å². The van der Waals surface area contributed by atoms with E-state index >= 15 is 0 Å². The Hall–Kier alpha value is -0.0442. The van der Waals surface area contributed by atoms with Crippen molar-refractivity contribution in [3.05, 3.63) is 0 Å². The minimum absolute atomic E-state index is 0. The first-order valence-electron chi connectivity index (χ1n) is 5.46. The number of carbonyl (C=O) groups is 4. The summed E-state index contributed by atoms with van der Waals surface area (Å²) in [7, 11) is 0. The van der Waals surface area contributed by atoms with Crippen LogP contribution in [-0.4, -0.2) is 78.1 Å². The zero-order chi connectivity index (χ0) is 15.7. The standard InChI is InChI=1S/C10H16N2O8.Fe.K/c13-7(14)3-11(4-8(15)16)1-2-12(5-9(17)18)6-10(19)20;;/h1-6H2,(H,13,14)(H,15,16)(H,17,18)(H,19,20);;/q;+2;+1/p-3. The summed E-state index contributed by atoms with van der Waals surface area (Å²) < 4.78 is 0. The smallest absolute Gasteiger partial charge is 0.549 e. The molecule has 0 aromatic heterocycles. The average Bonchev–Trinajstić information content (AvgIpc) is 2.22. The number of nitrogens with zero attached hydrogens (tertiary/aromatic N) is 2.